The molecule has 0 saturated carbocycles. The van der Waals surface area contributed by atoms with Crippen molar-refractivity contribution in [2.24, 2.45) is 5.73 Å². The van der Waals surface area contributed by atoms with Crippen molar-refractivity contribution in [3.63, 3.8) is 0 Å². The van der Waals surface area contributed by atoms with E-state index in [1.807, 2.05) is 0 Å². The van der Waals surface area contributed by atoms with Crippen molar-refractivity contribution < 1.29 is 18.3 Å². The number of carbonyl (C=O) groups excluding carboxylic acids is 1. The molecule has 2 N–H and O–H groups in total. The van der Waals surface area contributed by atoms with Gasteiger partial charge >= 0.3 is 6.09 Å². The molecule has 0 aliphatic rings. The monoisotopic (exact) mass is 200 g/mol. The van der Waals surface area contributed by atoms with Crippen molar-refractivity contribution in [1.29, 1.82) is 0 Å². The number of rotatable bonds is 2. The van der Waals surface area contributed by atoms with Crippen LogP contribution >= 0.6 is 0 Å². The standard InChI is InChI=1S/C7H7NO4S/c8-7(9)12-5-1-3-6(4-2-5)13(10)11/h1-4H,(H2,8,9)(H,10,11)/p-1. The SMILES string of the molecule is NC(=O)Oc1ccc(S(=O)[O-])cc1. The molecule has 0 saturated heterocycles. The summed E-state index contributed by atoms with van der Waals surface area (Å²) < 4.78 is 25.3. The number of amides is 1. The van der Waals surface area contributed by atoms with E-state index in [4.69, 9.17) is 5.73 Å². The van der Waals surface area contributed by atoms with Crippen molar-refractivity contribution in [2.45, 2.75) is 4.90 Å². The van der Waals surface area contributed by atoms with E-state index in [-0.39, 0.29) is 10.6 Å². The van der Waals surface area contributed by atoms with Crippen molar-refractivity contribution in [3.8, 4) is 5.75 Å². The van der Waals surface area contributed by atoms with Gasteiger partial charge in [-0.15, -0.1) is 0 Å². The van der Waals surface area contributed by atoms with E-state index >= 15 is 0 Å². The fraction of sp³-hybridized carbons (Fsp3) is 0. The van der Waals surface area contributed by atoms with Gasteiger partial charge in [-0.1, -0.05) is 0 Å². The molecule has 0 fully saturated rings. The molecular formula is C7H6NO4S-. The van der Waals surface area contributed by atoms with Crippen LogP contribution in [0.25, 0.3) is 0 Å². The molecule has 0 aromatic heterocycles. The predicted molar refractivity (Wildman–Crippen MR) is 43.8 cm³/mol. The summed E-state index contributed by atoms with van der Waals surface area (Å²) in [6.45, 7) is 0. The average Bonchev–Trinajstić information content (AvgIpc) is 2.04. The Labute approximate surface area is 76.8 Å². The highest BCUT2D eigenvalue weighted by atomic mass is 32.2. The molecule has 0 heterocycles. The Morgan fingerprint density at radius 2 is 1.92 bits per heavy atom. The van der Waals surface area contributed by atoms with Crippen molar-refractivity contribution in [3.05, 3.63) is 24.3 Å². The summed E-state index contributed by atoms with van der Waals surface area (Å²) >= 11 is -2.27. The molecule has 1 atom stereocenters. The van der Waals surface area contributed by atoms with E-state index in [0.717, 1.165) is 0 Å². The first-order valence-corrected chi connectivity index (χ1v) is 4.33. The Bertz CT molecular complexity index is 335. The van der Waals surface area contributed by atoms with Gasteiger partial charge in [-0.05, 0) is 35.3 Å². The van der Waals surface area contributed by atoms with Crippen LogP contribution in [0.3, 0.4) is 0 Å². The Hall–Kier alpha value is -1.40. The lowest BCUT2D eigenvalue weighted by Crippen LogP contribution is -2.16. The summed E-state index contributed by atoms with van der Waals surface area (Å²) in [6, 6.07) is 5.30. The van der Waals surface area contributed by atoms with Crippen molar-refractivity contribution in [2.75, 3.05) is 0 Å². The van der Waals surface area contributed by atoms with Gasteiger partial charge in [0.05, 0.1) is 0 Å². The second-order valence-corrected chi connectivity index (χ2v) is 3.07. The van der Waals surface area contributed by atoms with Crippen LogP contribution in [-0.2, 0) is 11.1 Å². The maximum atomic E-state index is 10.4. The predicted octanol–water partition coefficient (Wildman–Crippen LogP) is 0.382. The van der Waals surface area contributed by atoms with Crippen LogP contribution in [0.2, 0.25) is 0 Å². The second kappa shape index (κ2) is 4.01. The molecule has 70 valence electrons. The van der Waals surface area contributed by atoms with Crippen LogP contribution in [0.4, 0.5) is 4.79 Å². The van der Waals surface area contributed by atoms with Crippen LogP contribution in [0, 0.1) is 0 Å². The number of hydrogen-bond donors (Lipinski definition) is 1. The van der Waals surface area contributed by atoms with Crippen molar-refractivity contribution in [1.82, 2.24) is 0 Å². The molecule has 5 nitrogen and oxygen atoms in total. The first kappa shape index (κ1) is 9.69. The van der Waals surface area contributed by atoms with Gasteiger partial charge in [0.2, 0.25) is 0 Å². The first-order chi connectivity index (χ1) is 6.09. The smallest absolute Gasteiger partial charge is 0.409 e. The first-order valence-electron chi connectivity index (χ1n) is 3.26. The number of carbonyl (C=O) groups is 1. The zero-order valence-electron chi connectivity index (χ0n) is 6.43. The van der Waals surface area contributed by atoms with Gasteiger partial charge in [0.15, 0.2) is 0 Å². The lowest BCUT2D eigenvalue weighted by molar-refractivity contribution is 0.211. The van der Waals surface area contributed by atoms with Gasteiger partial charge < -0.3 is 15.0 Å². The van der Waals surface area contributed by atoms with E-state index in [2.05, 4.69) is 4.74 Å². The minimum atomic E-state index is -2.27. The molecule has 0 bridgehead atoms. The molecule has 0 radical (unpaired) electrons. The van der Waals surface area contributed by atoms with Gasteiger partial charge in [0.25, 0.3) is 0 Å². The number of hydrogen-bond acceptors (Lipinski definition) is 4. The quantitative estimate of drug-likeness (QED) is 0.698. The van der Waals surface area contributed by atoms with Crippen molar-refractivity contribution >= 4 is 17.2 Å². The topological polar surface area (TPSA) is 92.5 Å². The fourth-order valence-electron chi connectivity index (χ4n) is 0.735. The highest BCUT2D eigenvalue weighted by Gasteiger charge is 1.98. The lowest BCUT2D eigenvalue weighted by Gasteiger charge is -2.05. The maximum Gasteiger partial charge on any atom is 0.409 e. The highest BCUT2D eigenvalue weighted by Crippen LogP contribution is 2.13. The Morgan fingerprint density at radius 1 is 1.38 bits per heavy atom. The number of primary amides is 1. The van der Waals surface area contributed by atoms with Crippen LogP contribution < -0.4 is 10.5 Å². The summed E-state index contributed by atoms with van der Waals surface area (Å²) in [5.74, 6) is 0.210. The Balaban J connectivity index is 2.81. The third-order valence-electron chi connectivity index (χ3n) is 1.23. The van der Waals surface area contributed by atoms with Crippen LogP contribution in [0.5, 0.6) is 5.75 Å². The summed E-state index contributed by atoms with van der Waals surface area (Å²) in [7, 11) is 0. The second-order valence-electron chi connectivity index (χ2n) is 2.13. The van der Waals surface area contributed by atoms with Gasteiger partial charge in [-0.25, -0.2) is 4.79 Å². The average molecular weight is 200 g/mol. The van der Waals surface area contributed by atoms with Gasteiger partial charge in [0.1, 0.15) is 5.75 Å². The van der Waals surface area contributed by atoms with Crippen LogP contribution in [0.1, 0.15) is 0 Å². The summed E-state index contributed by atoms with van der Waals surface area (Å²) in [6.07, 6.45) is -0.934. The molecule has 0 aliphatic carbocycles. The fourth-order valence-corrected chi connectivity index (χ4v) is 1.09. The molecule has 1 unspecified atom stereocenters. The Morgan fingerprint density at radius 3 is 2.31 bits per heavy atom. The third kappa shape index (κ3) is 2.85. The minimum Gasteiger partial charge on any atom is -0.768 e. The summed E-state index contributed by atoms with van der Waals surface area (Å²) in [4.78, 5) is 10.4. The third-order valence-corrected chi connectivity index (χ3v) is 1.89. The molecule has 1 aromatic rings. The lowest BCUT2D eigenvalue weighted by atomic mass is 10.3. The summed E-state index contributed by atoms with van der Waals surface area (Å²) in [5, 5.41) is 0. The van der Waals surface area contributed by atoms with Gasteiger partial charge in [-0.2, -0.15) is 0 Å². The minimum absolute atomic E-state index is 0.122. The molecular weight excluding hydrogens is 194 g/mol. The molecule has 13 heavy (non-hydrogen) atoms. The van der Waals surface area contributed by atoms with E-state index in [1.54, 1.807) is 0 Å². The number of benzene rings is 1. The summed E-state index contributed by atoms with van der Waals surface area (Å²) in [5.41, 5.74) is 4.74. The van der Waals surface area contributed by atoms with Gasteiger partial charge in [0, 0.05) is 4.90 Å². The molecule has 1 rings (SSSR count). The normalized spacial score (nSPS) is 12.1. The zero-order valence-corrected chi connectivity index (χ0v) is 7.24. The molecule has 6 heteroatoms. The van der Waals surface area contributed by atoms with E-state index in [0.29, 0.717) is 0 Å². The molecule has 0 spiro atoms. The maximum absolute atomic E-state index is 10.4. The molecule has 1 aromatic carbocycles. The van der Waals surface area contributed by atoms with Crippen LogP contribution in [0.15, 0.2) is 29.2 Å². The zero-order chi connectivity index (χ0) is 9.84. The van der Waals surface area contributed by atoms with Gasteiger partial charge in [-0.3, -0.25) is 4.21 Å². The molecule has 1 amide bonds. The van der Waals surface area contributed by atoms with Crippen LogP contribution in [-0.4, -0.2) is 14.9 Å². The number of ether oxygens (including phenoxy) is 1. The van der Waals surface area contributed by atoms with E-state index in [9.17, 15) is 13.6 Å². The highest BCUT2D eigenvalue weighted by molar-refractivity contribution is 7.79. The number of nitrogens with two attached hydrogens (primary N) is 1. The van der Waals surface area contributed by atoms with E-state index in [1.165, 1.54) is 24.3 Å². The molecule has 0 aliphatic heterocycles. The Kier molecular flexibility index (Phi) is 2.99. The van der Waals surface area contributed by atoms with E-state index < -0.39 is 17.2 Å². The largest absolute Gasteiger partial charge is 0.768 e.